The maximum Gasteiger partial charge on any atom is 0.257 e. The van der Waals surface area contributed by atoms with Crippen LogP contribution in [-0.4, -0.2) is 139 Å². The molecule has 4 aliphatic heterocycles. The number of nitrogens with one attached hydrogen (secondary N) is 3. The molecule has 1 aromatic heterocycles. The summed E-state index contributed by atoms with van der Waals surface area (Å²) in [6, 6.07) is 21.1. The Morgan fingerprint density at radius 2 is 1.48 bits per heavy atom. The van der Waals surface area contributed by atoms with Crippen LogP contribution < -0.4 is 26.4 Å². The zero-order valence-electron chi connectivity index (χ0n) is 36.7. The fraction of sp³-hybridized carbons (Fsp3) is 0.447. The summed E-state index contributed by atoms with van der Waals surface area (Å²) in [5, 5.41) is 24.8. The molecular formula is C47H56N8O11. The van der Waals surface area contributed by atoms with Gasteiger partial charge in [0.05, 0.1) is 52.3 Å². The number of carbonyl (C=O) groups is 5. The highest BCUT2D eigenvalue weighted by Crippen LogP contribution is 2.41. The molecule has 0 radical (unpaired) electrons. The summed E-state index contributed by atoms with van der Waals surface area (Å²) in [5.41, 5.74) is 8.83. The third kappa shape index (κ3) is 10.7. The van der Waals surface area contributed by atoms with Crippen molar-refractivity contribution < 1.29 is 52.8 Å². The van der Waals surface area contributed by atoms with E-state index in [1.165, 1.54) is 0 Å². The van der Waals surface area contributed by atoms with Gasteiger partial charge in [0.15, 0.2) is 6.23 Å². The van der Waals surface area contributed by atoms with Crippen LogP contribution >= 0.6 is 0 Å². The third-order valence-corrected chi connectivity index (χ3v) is 12.3. The molecule has 0 aliphatic carbocycles. The first kappa shape index (κ1) is 46.2. The van der Waals surface area contributed by atoms with E-state index in [-0.39, 0.29) is 43.9 Å². The largest absolute Gasteiger partial charge is 0.457 e. The number of rotatable bonds is 21. The van der Waals surface area contributed by atoms with Crippen molar-refractivity contribution in [3.63, 3.8) is 0 Å². The lowest BCUT2D eigenvalue weighted by Gasteiger charge is -2.38. The number of nitrogens with two attached hydrogens (primary N) is 1. The topological polar surface area (TPSA) is 238 Å². The molecule has 3 aromatic carbocycles. The summed E-state index contributed by atoms with van der Waals surface area (Å²) in [5.74, 6) is 0.226. The average Bonchev–Trinajstić information content (AvgIpc) is 3.84. The van der Waals surface area contributed by atoms with Crippen molar-refractivity contribution in [2.45, 2.75) is 50.4 Å². The first-order chi connectivity index (χ1) is 32.2. The number of piperidine rings is 2. The monoisotopic (exact) mass is 908 g/mol. The number of ether oxygens (including phenoxy) is 5. The Hall–Kier alpha value is -6.38. The number of anilines is 2. The van der Waals surface area contributed by atoms with Crippen LogP contribution in [0.3, 0.4) is 0 Å². The van der Waals surface area contributed by atoms with Crippen LogP contribution in [0.2, 0.25) is 0 Å². The van der Waals surface area contributed by atoms with Crippen molar-refractivity contribution in [2.24, 2.45) is 11.7 Å². The highest BCUT2D eigenvalue weighted by atomic mass is 16.6. The molecule has 2 fully saturated rings. The molecule has 2 saturated heterocycles. The van der Waals surface area contributed by atoms with Gasteiger partial charge in [-0.25, -0.2) is 4.68 Å². The number of para-hydroxylation sites is 1. The lowest BCUT2D eigenvalue weighted by molar-refractivity contribution is -0.140. The number of fused-ring (bicyclic) bond motifs is 2. The van der Waals surface area contributed by atoms with Gasteiger partial charge in [0, 0.05) is 55.0 Å². The lowest BCUT2D eigenvalue weighted by atomic mass is 9.87. The van der Waals surface area contributed by atoms with Crippen LogP contribution in [0.1, 0.15) is 70.7 Å². The number of carbonyl (C=O) groups excluding carboxylic acids is 5. The molecule has 350 valence electrons. The molecule has 0 bridgehead atoms. The van der Waals surface area contributed by atoms with Gasteiger partial charge in [0.25, 0.3) is 11.8 Å². The van der Waals surface area contributed by atoms with E-state index < -0.39 is 35.9 Å². The Balaban J connectivity index is 0.677. The van der Waals surface area contributed by atoms with Crippen LogP contribution in [0.4, 0.5) is 11.5 Å². The van der Waals surface area contributed by atoms with E-state index in [2.05, 4.69) is 16.0 Å². The summed E-state index contributed by atoms with van der Waals surface area (Å²) < 4.78 is 30.3. The zero-order valence-corrected chi connectivity index (χ0v) is 36.7. The number of primary amides is 1. The van der Waals surface area contributed by atoms with Gasteiger partial charge >= 0.3 is 0 Å². The maximum atomic E-state index is 13.1. The molecule has 0 spiro atoms. The number of amides is 5. The molecule has 0 saturated carbocycles. The van der Waals surface area contributed by atoms with E-state index in [1.54, 1.807) is 18.2 Å². The highest BCUT2D eigenvalue weighted by molar-refractivity contribution is 6.06. The summed E-state index contributed by atoms with van der Waals surface area (Å²) >= 11 is 0. The molecule has 19 nitrogen and oxygen atoms in total. The number of imide groups is 1. The smallest absolute Gasteiger partial charge is 0.257 e. The number of aliphatic hydroxyl groups is 1. The number of hydrogen-bond donors (Lipinski definition) is 5. The summed E-state index contributed by atoms with van der Waals surface area (Å²) in [7, 11) is 0. The van der Waals surface area contributed by atoms with E-state index >= 15 is 0 Å². The zero-order chi connectivity index (χ0) is 46.0. The molecular weight excluding hydrogens is 853 g/mol. The van der Waals surface area contributed by atoms with Crippen molar-refractivity contribution >= 4 is 41.0 Å². The Morgan fingerprint density at radius 3 is 2.18 bits per heavy atom. The molecule has 8 rings (SSSR count). The molecule has 6 N–H and O–H groups in total. The molecule has 3 atom stereocenters. The second kappa shape index (κ2) is 21.7. The van der Waals surface area contributed by atoms with E-state index in [4.69, 9.17) is 34.5 Å². The Labute approximate surface area is 381 Å². The van der Waals surface area contributed by atoms with Crippen LogP contribution in [0, 0.1) is 5.92 Å². The highest BCUT2D eigenvalue weighted by Gasteiger charge is 2.45. The minimum Gasteiger partial charge on any atom is -0.457 e. The van der Waals surface area contributed by atoms with E-state index in [1.807, 2.05) is 64.2 Å². The van der Waals surface area contributed by atoms with Gasteiger partial charge in [-0.3, -0.25) is 34.2 Å². The number of hydrogen-bond acceptors (Lipinski definition) is 14. The minimum atomic E-state index is -1.32. The van der Waals surface area contributed by atoms with Crippen LogP contribution in [-0.2, 0) is 33.3 Å². The average molecular weight is 909 g/mol. The number of aromatic nitrogens is 2. The number of benzene rings is 3. The number of likely N-dealkylation sites (tertiary alicyclic amines) is 1. The molecule has 5 heterocycles. The Bertz CT molecular complexity index is 2350. The standard InChI is InChI=1S/C47H56N8O11/c48-43(58)41-42(31-9-11-33(12-10-31)66-32-5-2-1-3-6-32)52-55-36(15-18-50-44(41)55)30-16-20-53(21-17-30)39(57)29-65-28-27-64-26-25-63-24-23-62-22-19-49-35-8-4-7-34-40(35)47(61)54(46(34)60)37-13-14-38(56)51-45(37)59/h1-12,30,36-37,47,49-50,61H,13-29H2,(H2,48,58)(H,51,56,59)/t36-,37?,47?/m0/s1. The minimum absolute atomic E-state index is 0.0276. The lowest BCUT2D eigenvalue weighted by Crippen LogP contribution is -2.53. The van der Waals surface area contributed by atoms with Gasteiger partial charge in [-0.15, -0.1) is 0 Å². The normalized spacial score (nSPS) is 19.5. The summed E-state index contributed by atoms with van der Waals surface area (Å²) in [4.78, 5) is 65.9. The van der Waals surface area contributed by atoms with Crippen LogP contribution in [0.15, 0.2) is 72.8 Å². The van der Waals surface area contributed by atoms with Gasteiger partial charge in [-0.1, -0.05) is 24.3 Å². The quantitative estimate of drug-likeness (QED) is 0.0595. The maximum absolute atomic E-state index is 13.1. The van der Waals surface area contributed by atoms with Crippen LogP contribution in [0.5, 0.6) is 11.5 Å². The summed E-state index contributed by atoms with van der Waals surface area (Å²) in [6.45, 7) is 4.62. The van der Waals surface area contributed by atoms with Crippen molar-refractivity contribution in [1.29, 1.82) is 0 Å². The number of aliphatic hydroxyl groups excluding tert-OH is 1. The van der Waals surface area contributed by atoms with Gasteiger partial charge in [-0.2, -0.15) is 5.10 Å². The van der Waals surface area contributed by atoms with E-state index in [9.17, 15) is 29.1 Å². The Kier molecular flexibility index (Phi) is 15.2. The van der Waals surface area contributed by atoms with Gasteiger partial charge in [0.1, 0.15) is 41.2 Å². The van der Waals surface area contributed by atoms with Crippen molar-refractivity contribution in [1.82, 2.24) is 24.9 Å². The predicted molar refractivity (Wildman–Crippen MR) is 240 cm³/mol. The van der Waals surface area contributed by atoms with E-state index in [0.717, 1.165) is 35.5 Å². The number of nitrogens with zero attached hydrogens (tertiary/aromatic N) is 4. The first-order valence-corrected chi connectivity index (χ1v) is 22.5. The van der Waals surface area contributed by atoms with Crippen LogP contribution in [0.25, 0.3) is 11.3 Å². The molecule has 5 amide bonds. The SMILES string of the molecule is NC(=O)c1c(-c2ccc(Oc3ccccc3)cc2)nn2c1NCC[C@H]2C1CCN(C(=O)COCCOCCOCCOCCNc2cccc3c2C(O)N(C2CCC(=O)NC2=O)C3=O)CC1. The second-order valence-corrected chi connectivity index (χ2v) is 16.5. The van der Waals surface area contributed by atoms with Crippen molar-refractivity contribution in [3.8, 4) is 22.8 Å². The Morgan fingerprint density at radius 1 is 0.803 bits per heavy atom. The van der Waals surface area contributed by atoms with Crippen molar-refractivity contribution in [3.05, 3.63) is 89.5 Å². The fourth-order valence-corrected chi connectivity index (χ4v) is 9.02. The molecule has 4 aliphatic rings. The van der Waals surface area contributed by atoms with Crippen molar-refractivity contribution in [2.75, 3.05) is 89.7 Å². The fourth-order valence-electron chi connectivity index (χ4n) is 9.02. The summed E-state index contributed by atoms with van der Waals surface area (Å²) in [6.07, 6.45) is 1.35. The predicted octanol–water partition coefficient (Wildman–Crippen LogP) is 3.47. The first-order valence-electron chi connectivity index (χ1n) is 22.5. The second-order valence-electron chi connectivity index (χ2n) is 16.5. The molecule has 19 heteroatoms. The molecule has 4 aromatic rings. The van der Waals surface area contributed by atoms with Gasteiger partial charge < -0.3 is 50.1 Å². The molecule has 2 unspecified atom stereocenters. The molecule has 66 heavy (non-hydrogen) atoms. The van der Waals surface area contributed by atoms with Gasteiger partial charge in [-0.05, 0) is 80.1 Å². The van der Waals surface area contributed by atoms with Gasteiger partial charge in [0.2, 0.25) is 17.7 Å². The van der Waals surface area contributed by atoms with E-state index in [0.29, 0.717) is 105 Å². The third-order valence-electron chi connectivity index (χ3n) is 12.3.